The highest BCUT2D eigenvalue weighted by molar-refractivity contribution is 5.98. The molecule has 0 saturated carbocycles. The second-order valence-electron chi connectivity index (χ2n) is 17.9. The van der Waals surface area contributed by atoms with Gasteiger partial charge in [0.2, 0.25) is 0 Å². The van der Waals surface area contributed by atoms with Crippen LogP contribution in [-0.4, -0.2) is 19.6 Å². The first-order chi connectivity index (χ1) is 30.5. The summed E-state index contributed by atoms with van der Waals surface area (Å²) in [5, 5.41) is 11.8. The number of phenolic OH excluding ortho intramolecular Hbond substituents is 1. The zero-order valence-corrected chi connectivity index (χ0v) is 35.5. The Hall–Kier alpha value is -7.04. The molecule has 4 heteroatoms. The van der Waals surface area contributed by atoms with Gasteiger partial charge in [-0.1, -0.05) is 156 Å². The van der Waals surface area contributed by atoms with Crippen LogP contribution in [0, 0.1) is 6.85 Å². The molecule has 0 aliphatic heterocycles. The molecule has 2 aromatic heterocycles. The molecule has 0 radical (unpaired) electrons. The smallest absolute Gasteiger partial charge is 0.149 e. The van der Waals surface area contributed by atoms with Crippen LogP contribution in [0.25, 0.3) is 83.9 Å². The summed E-state index contributed by atoms with van der Waals surface area (Å²) in [6, 6.07) is 57.4. The number of hydrogen-bond donors (Lipinski definition) is 1. The maximum absolute atomic E-state index is 11.8. The van der Waals surface area contributed by atoms with Crippen LogP contribution in [-0.2, 0) is 10.8 Å². The molecule has 9 rings (SSSR count). The van der Waals surface area contributed by atoms with Crippen molar-refractivity contribution in [1.29, 1.82) is 0 Å². The van der Waals surface area contributed by atoms with Gasteiger partial charge in [-0.05, 0) is 123 Å². The van der Waals surface area contributed by atoms with Gasteiger partial charge in [-0.25, -0.2) is 4.98 Å². The number of para-hydroxylation sites is 1. The summed E-state index contributed by atoms with van der Waals surface area (Å²) in [5.41, 5.74) is 15.4. The number of aryl methyl sites for hydroxylation is 1. The quantitative estimate of drug-likeness (QED) is 0.175. The molecule has 0 aliphatic carbocycles. The first-order valence-electron chi connectivity index (χ1n) is 22.4. The lowest BCUT2D eigenvalue weighted by Crippen LogP contribution is -2.12. The van der Waals surface area contributed by atoms with Crippen LogP contribution in [0.5, 0.6) is 5.75 Å². The van der Waals surface area contributed by atoms with Gasteiger partial charge in [0.25, 0.3) is 0 Å². The van der Waals surface area contributed by atoms with Gasteiger partial charge in [-0.2, -0.15) is 0 Å². The van der Waals surface area contributed by atoms with E-state index in [2.05, 4.69) is 149 Å². The maximum Gasteiger partial charge on any atom is 0.149 e. The lowest BCUT2D eigenvalue weighted by molar-refractivity contribution is 0.475. The summed E-state index contributed by atoms with van der Waals surface area (Å²) in [7, 11) is 0. The number of hydrogen-bond acceptors (Lipinski definition) is 3. The van der Waals surface area contributed by atoms with Gasteiger partial charge in [0.1, 0.15) is 11.6 Å². The molecular weight excluding hydrogens is 743 g/mol. The summed E-state index contributed by atoms with van der Waals surface area (Å²) in [4.78, 5) is 10.4. The Morgan fingerprint density at radius 1 is 0.492 bits per heavy atom. The number of imidazole rings is 1. The lowest BCUT2D eigenvalue weighted by Gasteiger charge is -2.23. The molecule has 7 aromatic carbocycles. The summed E-state index contributed by atoms with van der Waals surface area (Å²) in [6.45, 7) is 11.1. The molecule has 0 atom stereocenters. The van der Waals surface area contributed by atoms with Crippen LogP contribution in [0.15, 0.2) is 176 Å². The second kappa shape index (κ2) is 15.5. The van der Waals surface area contributed by atoms with Crippen molar-refractivity contribution < 1.29 is 9.22 Å². The van der Waals surface area contributed by atoms with Gasteiger partial charge in [0.05, 0.1) is 28.0 Å². The molecule has 0 fully saturated rings. The molecule has 2 heterocycles. The minimum Gasteiger partial charge on any atom is -0.507 e. The number of rotatable bonds is 7. The summed E-state index contributed by atoms with van der Waals surface area (Å²) < 4.78 is 25.8. The molecule has 9 aromatic rings. The molecule has 0 unspecified atom stereocenters. The zero-order chi connectivity index (χ0) is 45.0. The lowest BCUT2D eigenvalue weighted by atomic mass is 9.84. The van der Waals surface area contributed by atoms with Crippen molar-refractivity contribution in [3.8, 4) is 78.6 Å². The van der Waals surface area contributed by atoms with Gasteiger partial charge in [-0.3, -0.25) is 9.55 Å². The Balaban J connectivity index is 1.30. The van der Waals surface area contributed by atoms with Crippen molar-refractivity contribution in [3.63, 3.8) is 0 Å². The second-order valence-corrected chi connectivity index (χ2v) is 17.9. The van der Waals surface area contributed by atoms with Crippen molar-refractivity contribution in [2.75, 3.05) is 0 Å². The number of aromatic hydroxyl groups is 1. The molecular formula is C57H51N3O. The van der Waals surface area contributed by atoms with Crippen LogP contribution in [0.1, 0.15) is 62.3 Å². The minimum absolute atomic E-state index is 0.0888. The molecule has 1 N–H and O–H groups in total. The third kappa shape index (κ3) is 7.78. The number of pyridine rings is 1. The summed E-state index contributed by atoms with van der Waals surface area (Å²) >= 11 is 0. The van der Waals surface area contributed by atoms with Crippen LogP contribution in [0.4, 0.5) is 0 Å². The number of benzene rings is 7. The number of aromatic nitrogens is 3. The number of phenols is 1. The fraction of sp³-hybridized carbons (Fsp3) is 0.158. The van der Waals surface area contributed by atoms with Gasteiger partial charge in [-0.15, -0.1) is 0 Å². The van der Waals surface area contributed by atoms with Crippen molar-refractivity contribution in [2.45, 2.75) is 59.2 Å². The monoisotopic (exact) mass is 796 g/mol. The van der Waals surface area contributed by atoms with Crippen molar-refractivity contribution in [1.82, 2.24) is 14.5 Å². The Bertz CT molecular complexity index is 3160. The van der Waals surface area contributed by atoms with Gasteiger partial charge in [0, 0.05) is 27.0 Å². The van der Waals surface area contributed by atoms with E-state index >= 15 is 0 Å². The van der Waals surface area contributed by atoms with E-state index in [0.717, 1.165) is 78.0 Å². The average Bonchev–Trinajstić information content (AvgIpc) is 3.68. The van der Waals surface area contributed by atoms with Crippen molar-refractivity contribution in [3.05, 3.63) is 193 Å². The summed E-state index contributed by atoms with van der Waals surface area (Å²) in [6.07, 6.45) is 1.80. The first kappa shape index (κ1) is 35.9. The van der Waals surface area contributed by atoms with Crippen molar-refractivity contribution in [2.24, 2.45) is 0 Å². The predicted molar refractivity (Wildman–Crippen MR) is 255 cm³/mol. The average molecular weight is 797 g/mol. The van der Waals surface area contributed by atoms with E-state index in [9.17, 15) is 5.11 Å². The molecule has 0 amide bonds. The van der Waals surface area contributed by atoms with Gasteiger partial charge >= 0.3 is 0 Å². The van der Waals surface area contributed by atoms with Crippen molar-refractivity contribution >= 4 is 11.0 Å². The van der Waals surface area contributed by atoms with E-state index in [0.29, 0.717) is 17.0 Å². The van der Waals surface area contributed by atoms with Crippen LogP contribution < -0.4 is 0 Å². The number of fused-ring (bicyclic) bond motifs is 1. The highest BCUT2D eigenvalue weighted by Gasteiger charge is 2.25. The third-order valence-electron chi connectivity index (χ3n) is 11.6. The maximum atomic E-state index is 11.8. The fourth-order valence-corrected chi connectivity index (χ4v) is 8.14. The Morgan fingerprint density at radius 2 is 1.11 bits per heavy atom. The molecule has 0 saturated heterocycles. The van der Waals surface area contributed by atoms with E-state index in [1.165, 1.54) is 5.56 Å². The largest absolute Gasteiger partial charge is 0.507 e. The van der Waals surface area contributed by atoms with Gasteiger partial charge < -0.3 is 5.11 Å². The highest BCUT2D eigenvalue weighted by atomic mass is 16.3. The van der Waals surface area contributed by atoms with E-state index in [1.807, 2.05) is 48.5 Å². The molecule has 0 spiro atoms. The van der Waals surface area contributed by atoms with E-state index < -0.39 is 6.85 Å². The molecule has 61 heavy (non-hydrogen) atoms. The standard InChI is InChI=1S/C57H51N3O/c1-37-21-23-39(24-22-37)41-29-30-58-50(34-41)44-32-42(38-15-10-8-11-16-38)31-43(33-44)47-19-14-20-52-54(47)59-55(49-36-46(57(5,6)7)26-28-53(49)61)60(52)51-27-25-45(56(2,3)4)35-48(51)40-17-12-9-13-18-40/h8-36,61H,1-7H3/i1D3. The van der Waals surface area contributed by atoms with E-state index in [4.69, 9.17) is 14.1 Å². The first-order valence-corrected chi connectivity index (χ1v) is 20.9. The molecule has 300 valence electrons. The van der Waals surface area contributed by atoms with Crippen LogP contribution >= 0.6 is 0 Å². The SMILES string of the molecule is [2H]C([2H])([2H])c1ccc(-c2ccnc(-c3cc(-c4ccccc4)cc(-c4cccc5c4nc(-c4cc(C(C)(C)C)ccc4O)n5-c4ccc(C(C)(C)C)cc4-c4ccccc4)c3)c2)cc1. The zero-order valence-electron chi connectivity index (χ0n) is 38.5. The van der Waals surface area contributed by atoms with Crippen LogP contribution in [0.2, 0.25) is 0 Å². The van der Waals surface area contributed by atoms with E-state index in [1.54, 1.807) is 24.4 Å². The predicted octanol–water partition coefficient (Wildman–Crippen LogP) is 15.0. The molecule has 0 bridgehead atoms. The molecule has 4 nitrogen and oxygen atoms in total. The molecule has 0 aliphatic rings. The Kier molecular flexibility index (Phi) is 9.13. The minimum atomic E-state index is -2.17. The Morgan fingerprint density at radius 3 is 1.80 bits per heavy atom. The highest BCUT2D eigenvalue weighted by Crippen LogP contribution is 2.43. The third-order valence-corrected chi connectivity index (χ3v) is 11.6. The fourth-order valence-electron chi connectivity index (χ4n) is 8.14. The Labute approximate surface area is 364 Å². The topological polar surface area (TPSA) is 50.9 Å². The van der Waals surface area contributed by atoms with E-state index in [-0.39, 0.29) is 16.6 Å². The number of nitrogens with zero attached hydrogens (tertiary/aromatic N) is 3. The normalized spacial score (nSPS) is 12.9. The van der Waals surface area contributed by atoms with Crippen LogP contribution in [0.3, 0.4) is 0 Å². The summed E-state index contributed by atoms with van der Waals surface area (Å²) in [5.74, 6) is 0.802. The van der Waals surface area contributed by atoms with Gasteiger partial charge in [0.15, 0.2) is 0 Å².